The minimum absolute atomic E-state index is 0.115. The molecule has 5 atom stereocenters. The number of hydrogen-bond acceptors (Lipinski definition) is 12. The molecule has 8 rings (SSSR count). The van der Waals surface area contributed by atoms with Gasteiger partial charge in [0.15, 0.2) is 5.01 Å². The summed E-state index contributed by atoms with van der Waals surface area (Å²) in [5.74, 6) is 7.15. The number of imidazole rings is 2. The largest absolute Gasteiger partial charge is 0.453 e. The van der Waals surface area contributed by atoms with E-state index in [1.54, 1.807) is 16.0 Å². The third kappa shape index (κ3) is 10.7. The molecule has 4 bridgehead atoms. The molecule has 2 saturated heterocycles. The number of nitrogens with zero attached hydrogens (tertiary/aromatic N) is 5. The summed E-state index contributed by atoms with van der Waals surface area (Å²) in [5, 5.41) is 6.10. The average Bonchev–Trinajstić information content (AvgIpc) is 4.20. The van der Waals surface area contributed by atoms with Crippen LogP contribution >= 0.6 is 11.3 Å². The summed E-state index contributed by atoms with van der Waals surface area (Å²) in [4.78, 5) is 77.6. The maximum Gasteiger partial charge on any atom is 0.407 e. The van der Waals surface area contributed by atoms with E-state index in [0.29, 0.717) is 62.4 Å². The van der Waals surface area contributed by atoms with Crippen LogP contribution in [0.4, 0.5) is 9.59 Å². The fraction of sp³-hybridized carbons (Fsp3) is 0.449. The lowest BCUT2D eigenvalue weighted by Gasteiger charge is -2.30. The Hall–Kier alpha value is -6.55. The van der Waals surface area contributed by atoms with Crippen LogP contribution in [0.2, 0.25) is 0 Å². The predicted molar refractivity (Wildman–Crippen MR) is 250 cm³/mol. The molecule has 5 aromatic rings. The Kier molecular flexibility index (Phi) is 14.7. The van der Waals surface area contributed by atoms with Gasteiger partial charge in [0.05, 0.1) is 67.2 Å². The van der Waals surface area contributed by atoms with E-state index >= 15 is 0 Å². The second-order valence-electron chi connectivity index (χ2n) is 17.6. The molecule has 352 valence electrons. The number of nitrogens with one attached hydrogen (secondary N) is 4. The summed E-state index contributed by atoms with van der Waals surface area (Å²) in [5.41, 5.74) is 6.06. The number of H-pyrrole nitrogens is 2. The standard InChI is InChI=1S/C49H57N9O8S/c1-28(2)41(55-48(61)63-5)46(59)57-20-7-9-37(57)44-51-24-35(52-44)31-13-10-30(11-14-31)12-19-40-50-25-39(67-40)32-15-17-33(18-16-32)43-36-27-65-21-8-22-66-34-23-38(45(53-36)54-43)58(26-34)47(60)42(29(3)4)56-49(62)64-6/h10-11,13-18,24-25,28-29,34,37-38,41-42H,7-9,20-23,26-27H2,1-6H3,(H,51,52)(H,53,54)(H,55,61)(H,56,62)/t34-,37-,38-,41+,42-/m0/s1. The minimum Gasteiger partial charge on any atom is -0.453 e. The number of fused-ring (bicyclic) bond motifs is 5. The summed E-state index contributed by atoms with van der Waals surface area (Å²) in [6, 6.07) is 13.9. The van der Waals surface area contributed by atoms with Crippen LogP contribution in [0.1, 0.15) is 93.4 Å². The Labute approximate surface area is 393 Å². The molecule has 0 aliphatic carbocycles. The first kappa shape index (κ1) is 47.0. The van der Waals surface area contributed by atoms with Crippen LogP contribution in [-0.2, 0) is 35.1 Å². The van der Waals surface area contributed by atoms with E-state index in [2.05, 4.69) is 42.4 Å². The van der Waals surface area contributed by atoms with Crippen molar-refractivity contribution in [3.8, 4) is 44.8 Å². The van der Waals surface area contributed by atoms with Crippen molar-refractivity contribution in [2.75, 3.05) is 40.5 Å². The van der Waals surface area contributed by atoms with Crippen molar-refractivity contribution in [2.24, 2.45) is 11.8 Å². The van der Waals surface area contributed by atoms with Gasteiger partial charge in [-0.05, 0) is 60.3 Å². The highest BCUT2D eigenvalue weighted by atomic mass is 32.1. The molecule has 0 saturated carbocycles. The van der Waals surface area contributed by atoms with Crippen molar-refractivity contribution >= 4 is 35.3 Å². The van der Waals surface area contributed by atoms with E-state index in [4.69, 9.17) is 23.9 Å². The lowest BCUT2D eigenvalue weighted by Crippen LogP contribution is -2.51. The number of aromatic nitrogens is 5. The fourth-order valence-electron chi connectivity index (χ4n) is 8.78. The quantitative estimate of drug-likeness (QED) is 0.105. The lowest BCUT2D eigenvalue weighted by molar-refractivity contribution is -0.136. The molecule has 2 aromatic carbocycles. The molecule has 18 heteroatoms. The first-order valence-corrected chi connectivity index (χ1v) is 23.5. The number of benzene rings is 2. The highest BCUT2D eigenvalue weighted by Crippen LogP contribution is 2.37. The molecule has 2 fully saturated rings. The number of amides is 4. The van der Waals surface area contributed by atoms with E-state index in [9.17, 15) is 19.2 Å². The summed E-state index contributed by atoms with van der Waals surface area (Å²) in [7, 11) is 2.57. The number of hydrogen-bond donors (Lipinski definition) is 4. The van der Waals surface area contributed by atoms with Gasteiger partial charge in [-0.15, -0.1) is 11.3 Å². The van der Waals surface area contributed by atoms with E-state index < -0.39 is 24.3 Å². The van der Waals surface area contributed by atoms with Gasteiger partial charge in [-0.2, -0.15) is 0 Å². The second-order valence-corrected chi connectivity index (χ2v) is 18.6. The van der Waals surface area contributed by atoms with Gasteiger partial charge in [0.25, 0.3) is 0 Å². The third-order valence-electron chi connectivity index (χ3n) is 12.4. The Morgan fingerprint density at radius 1 is 0.776 bits per heavy atom. The number of alkyl carbamates (subject to hydrolysis) is 2. The normalized spacial score (nSPS) is 19.2. The number of likely N-dealkylation sites (tertiary alicyclic amines) is 2. The number of thiazole rings is 1. The SMILES string of the molecule is COC(=O)N[C@H](C(=O)N1C[C@@H]2C[C@H]1c1nc(-c3ccc(-c4cnc(C#Cc5ccc(-c6cnc([C@@H]7CCCN7C(=O)[C@H](NC(=O)OC)C(C)C)[nH]6)cc5)s4)cc3)c([nH]1)COCCCO2)C(C)C. The van der Waals surface area contributed by atoms with Gasteiger partial charge in [-0.25, -0.2) is 24.5 Å². The van der Waals surface area contributed by atoms with Crippen LogP contribution in [0, 0.1) is 23.7 Å². The lowest BCUT2D eigenvalue weighted by atomic mass is 10.0. The number of ether oxygens (including phenoxy) is 4. The molecule has 4 N–H and O–H groups in total. The monoisotopic (exact) mass is 931 g/mol. The molecule has 17 nitrogen and oxygen atoms in total. The molecular weight excluding hydrogens is 875 g/mol. The molecule has 67 heavy (non-hydrogen) atoms. The van der Waals surface area contributed by atoms with Crippen molar-refractivity contribution in [3.63, 3.8) is 0 Å². The number of rotatable bonds is 10. The van der Waals surface area contributed by atoms with E-state index in [1.165, 1.54) is 25.6 Å². The van der Waals surface area contributed by atoms with Gasteiger partial charge in [-0.3, -0.25) is 9.59 Å². The average molecular weight is 932 g/mol. The van der Waals surface area contributed by atoms with E-state index in [-0.39, 0.29) is 41.8 Å². The minimum atomic E-state index is -0.775. The number of carbonyl (C=O) groups is 4. The Balaban J connectivity index is 0.935. The molecule has 4 amide bonds. The van der Waals surface area contributed by atoms with Crippen LogP contribution in [0.25, 0.3) is 33.0 Å². The van der Waals surface area contributed by atoms with Gasteiger partial charge >= 0.3 is 12.2 Å². The first-order valence-electron chi connectivity index (χ1n) is 22.7. The van der Waals surface area contributed by atoms with Crippen molar-refractivity contribution < 1.29 is 38.1 Å². The fourth-order valence-corrected chi connectivity index (χ4v) is 9.55. The maximum atomic E-state index is 14.0. The zero-order valence-corrected chi connectivity index (χ0v) is 39.4. The predicted octanol–water partition coefficient (Wildman–Crippen LogP) is 6.99. The second kappa shape index (κ2) is 21.0. The van der Waals surface area contributed by atoms with Crippen LogP contribution < -0.4 is 10.6 Å². The Morgan fingerprint density at radius 3 is 2.13 bits per heavy atom. The van der Waals surface area contributed by atoms with Crippen molar-refractivity contribution in [1.29, 1.82) is 0 Å². The highest BCUT2D eigenvalue weighted by Gasteiger charge is 2.43. The van der Waals surface area contributed by atoms with Gasteiger partial charge in [-0.1, -0.05) is 70.0 Å². The van der Waals surface area contributed by atoms with Crippen LogP contribution in [0.5, 0.6) is 0 Å². The van der Waals surface area contributed by atoms with E-state index in [0.717, 1.165) is 57.1 Å². The van der Waals surface area contributed by atoms with Crippen molar-refractivity contribution in [2.45, 2.75) is 90.3 Å². The molecule has 6 heterocycles. The zero-order valence-electron chi connectivity index (χ0n) is 38.6. The Morgan fingerprint density at radius 2 is 1.45 bits per heavy atom. The zero-order chi connectivity index (χ0) is 47.2. The van der Waals surface area contributed by atoms with Crippen LogP contribution in [0.15, 0.2) is 60.9 Å². The molecule has 0 unspecified atom stereocenters. The third-order valence-corrected chi connectivity index (χ3v) is 13.3. The van der Waals surface area contributed by atoms with Crippen molar-refractivity contribution in [1.82, 2.24) is 45.4 Å². The maximum absolute atomic E-state index is 14.0. The van der Waals surface area contributed by atoms with Gasteiger partial charge < -0.3 is 49.3 Å². The number of carbonyl (C=O) groups excluding carboxylic acids is 4. The number of methoxy groups -OCH3 is 2. The summed E-state index contributed by atoms with van der Waals surface area (Å²) in [6.07, 6.45) is 5.03. The first-order chi connectivity index (χ1) is 32.4. The molecular formula is C49H57N9O8S. The summed E-state index contributed by atoms with van der Waals surface area (Å²) < 4.78 is 21.8. The molecule has 3 aromatic heterocycles. The smallest absolute Gasteiger partial charge is 0.407 e. The molecule has 3 aliphatic heterocycles. The molecule has 0 spiro atoms. The number of aromatic amines is 2. The highest BCUT2D eigenvalue weighted by molar-refractivity contribution is 7.15. The van der Waals surface area contributed by atoms with Crippen LogP contribution in [-0.4, -0.2) is 117 Å². The topological polar surface area (TPSA) is 206 Å². The Bertz CT molecular complexity index is 2610. The van der Waals surface area contributed by atoms with Crippen LogP contribution in [0.3, 0.4) is 0 Å². The van der Waals surface area contributed by atoms with Gasteiger partial charge in [0, 0.05) is 50.0 Å². The molecule has 3 aliphatic rings. The summed E-state index contributed by atoms with van der Waals surface area (Å²) in [6.45, 7) is 9.88. The molecule has 0 radical (unpaired) electrons. The van der Waals surface area contributed by atoms with Gasteiger partial charge in [0.1, 0.15) is 23.7 Å². The summed E-state index contributed by atoms with van der Waals surface area (Å²) >= 11 is 1.51. The van der Waals surface area contributed by atoms with Crippen molar-refractivity contribution in [3.05, 3.63) is 88.8 Å². The van der Waals surface area contributed by atoms with Gasteiger partial charge in [0.2, 0.25) is 11.8 Å². The van der Waals surface area contributed by atoms with E-state index in [1.807, 2.05) is 82.4 Å².